The van der Waals surface area contributed by atoms with Crippen molar-refractivity contribution < 1.29 is 13.2 Å². The molecule has 5 nitrogen and oxygen atoms in total. The highest BCUT2D eigenvalue weighted by Gasteiger charge is 2.35. The Morgan fingerprint density at radius 1 is 1.23 bits per heavy atom. The van der Waals surface area contributed by atoms with Crippen LogP contribution in [-0.2, 0) is 21.2 Å². The molecule has 0 spiro atoms. The maximum atomic E-state index is 13.0. The second kappa shape index (κ2) is 5.94. The molecule has 2 heterocycles. The Kier molecular flexibility index (Phi) is 4.31. The SMILES string of the molecule is CCC(=O)N1CCc2cc(Br)cc(S(=O)(=O)N3CCCC3)c21. The Balaban J connectivity index is 2.14. The van der Waals surface area contributed by atoms with E-state index in [9.17, 15) is 13.2 Å². The van der Waals surface area contributed by atoms with Gasteiger partial charge in [0.25, 0.3) is 0 Å². The second-order valence-corrected chi connectivity index (χ2v) is 8.49. The molecule has 0 radical (unpaired) electrons. The lowest BCUT2D eigenvalue weighted by Gasteiger charge is -2.23. The number of fused-ring (bicyclic) bond motifs is 1. The van der Waals surface area contributed by atoms with E-state index in [2.05, 4.69) is 15.9 Å². The number of benzene rings is 1. The Morgan fingerprint density at radius 2 is 1.91 bits per heavy atom. The number of nitrogens with zero attached hydrogens (tertiary/aromatic N) is 2. The predicted molar refractivity (Wildman–Crippen MR) is 88.5 cm³/mol. The number of carbonyl (C=O) groups excluding carboxylic acids is 1. The normalized spacial score (nSPS) is 18.7. The summed E-state index contributed by atoms with van der Waals surface area (Å²) in [7, 11) is -3.55. The van der Waals surface area contributed by atoms with E-state index in [1.165, 1.54) is 4.31 Å². The topological polar surface area (TPSA) is 57.7 Å². The third-order valence-electron chi connectivity index (χ3n) is 4.28. The average molecular weight is 387 g/mol. The van der Waals surface area contributed by atoms with E-state index in [1.807, 2.05) is 6.07 Å². The zero-order chi connectivity index (χ0) is 15.9. The first-order valence-electron chi connectivity index (χ1n) is 7.58. The fourth-order valence-electron chi connectivity index (χ4n) is 3.17. The van der Waals surface area contributed by atoms with Crippen molar-refractivity contribution in [2.45, 2.75) is 37.5 Å². The minimum Gasteiger partial charge on any atom is -0.310 e. The summed E-state index contributed by atoms with van der Waals surface area (Å²) >= 11 is 3.40. The Morgan fingerprint density at radius 3 is 2.55 bits per heavy atom. The predicted octanol–water partition coefficient (Wildman–Crippen LogP) is 2.53. The Hall–Kier alpha value is -0.920. The van der Waals surface area contributed by atoms with Gasteiger partial charge in [-0.25, -0.2) is 8.42 Å². The van der Waals surface area contributed by atoms with Crippen LogP contribution in [0.25, 0.3) is 0 Å². The van der Waals surface area contributed by atoms with Crippen LogP contribution < -0.4 is 4.90 Å². The summed E-state index contributed by atoms with van der Waals surface area (Å²) in [5, 5.41) is 0. The number of halogens is 1. The van der Waals surface area contributed by atoms with Crippen molar-refractivity contribution in [3.05, 3.63) is 22.2 Å². The quantitative estimate of drug-likeness (QED) is 0.801. The molecule has 2 aliphatic heterocycles. The van der Waals surface area contributed by atoms with E-state index in [4.69, 9.17) is 0 Å². The second-order valence-electron chi connectivity index (χ2n) is 5.67. The van der Waals surface area contributed by atoms with Crippen LogP contribution in [0.4, 0.5) is 5.69 Å². The van der Waals surface area contributed by atoms with Crippen LogP contribution in [0.15, 0.2) is 21.5 Å². The van der Waals surface area contributed by atoms with Gasteiger partial charge in [-0.2, -0.15) is 4.31 Å². The number of anilines is 1. The zero-order valence-electron chi connectivity index (χ0n) is 12.5. The molecule has 0 unspecified atom stereocenters. The fraction of sp³-hybridized carbons (Fsp3) is 0.533. The summed E-state index contributed by atoms with van der Waals surface area (Å²) in [6.07, 6.45) is 2.86. The van der Waals surface area contributed by atoms with Gasteiger partial charge in [0.2, 0.25) is 15.9 Å². The van der Waals surface area contributed by atoms with Gasteiger partial charge >= 0.3 is 0 Å². The third-order valence-corrected chi connectivity index (χ3v) is 6.65. The third kappa shape index (κ3) is 2.59. The molecule has 120 valence electrons. The van der Waals surface area contributed by atoms with Crippen LogP contribution in [0, 0.1) is 0 Å². The van der Waals surface area contributed by atoms with Crippen molar-refractivity contribution in [2.24, 2.45) is 0 Å². The van der Waals surface area contributed by atoms with E-state index in [0.717, 1.165) is 22.9 Å². The maximum Gasteiger partial charge on any atom is 0.245 e. The van der Waals surface area contributed by atoms with Crippen molar-refractivity contribution in [3.63, 3.8) is 0 Å². The van der Waals surface area contributed by atoms with Crippen molar-refractivity contribution >= 4 is 37.5 Å². The van der Waals surface area contributed by atoms with E-state index in [-0.39, 0.29) is 10.8 Å². The Labute approximate surface area is 139 Å². The highest BCUT2D eigenvalue weighted by atomic mass is 79.9. The maximum absolute atomic E-state index is 13.0. The lowest BCUT2D eigenvalue weighted by atomic mass is 10.2. The van der Waals surface area contributed by atoms with Crippen molar-refractivity contribution in [2.75, 3.05) is 24.5 Å². The molecular weight excluding hydrogens is 368 g/mol. The van der Waals surface area contributed by atoms with E-state index >= 15 is 0 Å². The molecule has 1 saturated heterocycles. The summed E-state index contributed by atoms with van der Waals surface area (Å²) in [4.78, 5) is 14.1. The first-order chi connectivity index (χ1) is 10.4. The molecule has 1 aromatic rings. The Bertz CT molecular complexity index is 712. The van der Waals surface area contributed by atoms with Gasteiger partial charge in [-0.1, -0.05) is 22.9 Å². The minimum atomic E-state index is -3.55. The standard InChI is InChI=1S/C15H19BrN2O3S/c1-2-14(19)18-8-5-11-9-12(16)10-13(15(11)18)22(20,21)17-6-3-4-7-17/h9-10H,2-8H2,1H3. The van der Waals surface area contributed by atoms with Gasteiger partial charge in [0.05, 0.1) is 5.69 Å². The smallest absolute Gasteiger partial charge is 0.245 e. The molecule has 0 N–H and O–H groups in total. The van der Waals surface area contributed by atoms with Gasteiger partial charge in [0.15, 0.2) is 0 Å². The van der Waals surface area contributed by atoms with Crippen LogP contribution in [0.2, 0.25) is 0 Å². The van der Waals surface area contributed by atoms with Crippen LogP contribution in [0.5, 0.6) is 0 Å². The summed E-state index contributed by atoms with van der Waals surface area (Å²) < 4.78 is 28.2. The first kappa shape index (κ1) is 16.0. The van der Waals surface area contributed by atoms with Crippen molar-refractivity contribution in [3.8, 4) is 0 Å². The number of sulfonamides is 1. The molecule has 1 fully saturated rings. The minimum absolute atomic E-state index is 0.0288. The highest BCUT2D eigenvalue weighted by Crippen LogP contribution is 2.39. The summed E-state index contributed by atoms with van der Waals surface area (Å²) in [6.45, 7) is 3.48. The number of hydrogen-bond donors (Lipinski definition) is 0. The van der Waals surface area contributed by atoms with Gasteiger partial charge in [-0.3, -0.25) is 4.79 Å². The van der Waals surface area contributed by atoms with Crippen LogP contribution in [-0.4, -0.2) is 38.3 Å². The summed E-state index contributed by atoms with van der Waals surface area (Å²) in [5.74, 6) is -0.0288. The summed E-state index contributed by atoms with van der Waals surface area (Å²) in [6, 6.07) is 3.55. The van der Waals surface area contributed by atoms with Gasteiger partial charge in [-0.15, -0.1) is 0 Å². The molecule has 1 amide bonds. The number of rotatable bonds is 3. The molecule has 0 aromatic heterocycles. The number of amides is 1. The zero-order valence-corrected chi connectivity index (χ0v) is 14.9. The molecule has 7 heteroatoms. The number of carbonyl (C=O) groups is 1. The monoisotopic (exact) mass is 386 g/mol. The molecule has 22 heavy (non-hydrogen) atoms. The molecule has 0 bridgehead atoms. The molecule has 3 rings (SSSR count). The van der Waals surface area contributed by atoms with Gasteiger partial charge < -0.3 is 4.90 Å². The molecule has 0 saturated carbocycles. The summed E-state index contributed by atoms with van der Waals surface area (Å²) in [5.41, 5.74) is 1.51. The average Bonchev–Trinajstić information content (AvgIpc) is 3.14. The van der Waals surface area contributed by atoms with Gasteiger partial charge in [-0.05, 0) is 37.0 Å². The highest BCUT2D eigenvalue weighted by molar-refractivity contribution is 9.10. The fourth-order valence-corrected chi connectivity index (χ4v) is 5.61. The number of hydrogen-bond acceptors (Lipinski definition) is 3. The van der Waals surface area contributed by atoms with Crippen LogP contribution >= 0.6 is 15.9 Å². The van der Waals surface area contributed by atoms with E-state index < -0.39 is 10.0 Å². The molecule has 1 aromatic carbocycles. The van der Waals surface area contributed by atoms with Gasteiger partial charge in [0, 0.05) is 30.5 Å². The first-order valence-corrected chi connectivity index (χ1v) is 9.81. The molecule has 2 aliphatic rings. The van der Waals surface area contributed by atoms with E-state index in [1.54, 1.807) is 17.9 Å². The van der Waals surface area contributed by atoms with Gasteiger partial charge in [0.1, 0.15) is 4.90 Å². The van der Waals surface area contributed by atoms with Crippen molar-refractivity contribution in [1.82, 2.24) is 4.31 Å². The van der Waals surface area contributed by atoms with Crippen molar-refractivity contribution in [1.29, 1.82) is 0 Å². The lowest BCUT2D eigenvalue weighted by molar-refractivity contribution is -0.118. The van der Waals surface area contributed by atoms with Crippen LogP contribution in [0.1, 0.15) is 31.7 Å². The molecule has 0 aliphatic carbocycles. The lowest BCUT2D eigenvalue weighted by Crippen LogP contribution is -2.32. The molecule has 0 atom stereocenters. The van der Waals surface area contributed by atoms with E-state index in [0.29, 0.717) is 38.2 Å². The van der Waals surface area contributed by atoms with Crippen LogP contribution in [0.3, 0.4) is 0 Å². The largest absolute Gasteiger partial charge is 0.310 e. The molecular formula is C15H19BrN2O3S.